The zero-order chi connectivity index (χ0) is 14.0. The van der Waals surface area contributed by atoms with Crippen LogP contribution in [-0.2, 0) is 0 Å². The number of carbonyl (C=O) groups is 2. The summed E-state index contributed by atoms with van der Waals surface area (Å²) in [6, 6.07) is 5.80. The van der Waals surface area contributed by atoms with Crippen LogP contribution in [0.3, 0.4) is 0 Å². The largest absolute Gasteiger partial charge is 0.478 e. The number of nitrogens with one attached hydrogen (secondary N) is 1. The second-order valence-corrected chi connectivity index (χ2v) is 5.28. The lowest BCUT2D eigenvalue weighted by Gasteiger charge is -2.06. The second kappa shape index (κ2) is 5.61. The van der Waals surface area contributed by atoms with Gasteiger partial charge < -0.3 is 10.4 Å². The van der Waals surface area contributed by atoms with Crippen molar-refractivity contribution in [3.63, 3.8) is 0 Å². The first-order chi connectivity index (χ1) is 8.99. The van der Waals surface area contributed by atoms with Gasteiger partial charge in [-0.05, 0) is 29.6 Å². The van der Waals surface area contributed by atoms with Crippen LogP contribution in [0.15, 0.2) is 29.6 Å². The number of aromatic carboxylic acids is 1. The molecule has 0 bridgehead atoms. The summed E-state index contributed by atoms with van der Waals surface area (Å²) in [5, 5.41) is 13.6. The molecule has 1 amide bonds. The van der Waals surface area contributed by atoms with E-state index in [0.717, 1.165) is 0 Å². The highest BCUT2D eigenvalue weighted by Crippen LogP contribution is 2.25. The number of thiophene rings is 1. The fourth-order valence-corrected chi connectivity index (χ4v) is 2.71. The SMILES string of the molecule is O=C(O)c1ccc(NC(=O)c2sccc2Cl)cc1Cl. The van der Waals surface area contributed by atoms with Crippen molar-refractivity contribution in [1.82, 2.24) is 0 Å². The lowest BCUT2D eigenvalue weighted by atomic mass is 10.2. The Balaban J connectivity index is 2.21. The standard InChI is InChI=1S/C12H7Cl2NO3S/c13-8-3-4-19-10(8)11(16)15-6-1-2-7(12(17)18)9(14)5-6/h1-5H,(H,15,16)(H,17,18). The fourth-order valence-electron chi connectivity index (χ4n) is 1.41. The van der Waals surface area contributed by atoms with Crippen molar-refractivity contribution in [1.29, 1.82) is 0 Å². The van der Waals surface area contributed by atoms with Crippen LogP contribution in [0.4, 0.5) is 5.69 Å². The van der Waals surface area contributed by atoms with Crippen LogP contribution < -0.4 is 5.32 Å². The molecule has 1 aromatic heterocycles. The summed E-state index contributed by atoms with van der Waals surface area (Å²) in [6.07, 6.45) is 0. The lowest BCUT2D eigenvalue weighted by Crippen LogP contribution is -2.11. The number of amides is 1. The summed E-state index contributed by atoms with van der Waals surface area (Å²) in [5.41, 5.74) is 0.387. The fraction of sp³-hybridized carbons (Fsp3) is 0. The third-order valence-electron chi connectivity index (χ3n) is 2.28. The molecule has 1 aromatic carbocycles. The Morgan fingerprint density at radius 3 is 2.42 bits per heavy atom. The summed E-state index contributed by atoms with van der Waals surface area (Å²) in [6.45, 7) is 0. The molecule has 19 heavy (non-hydrogen) atoms. The maximum absolute atomic E-state index is 11.9. The van der Waals surface area contributed by atoms with Gasteiger partial charge in [0, 0.05) is 5.69 Å². The average molecular weight is 316 g/mol. The maximum Gasteiger partial charge on any atom is 0.337 e. The molecule has 4 nitrogen and oxygen atoms in total. The second-order valence-electron chi connectivity index (χ2n) is 3.55. The maximum atomic E-state index is 11.9. The van der Waals surface area contributed by atoms with Crippen LogP contribution in [-0.4, -0.2) is 17.0 Å². The van der Waals surface area contributed by atoms with E-state index in [9.17, 15) is 9.59 Å². The highest BCUT2D eigenvalue weighted by atomic mass is 35.5. The zero-order valence-electron chi connectivity index (χ0n) is 9.31. The zero-order valence-corrected chi connectivity index (χ0v) is 11.6. The van der Waals surface area contributed by atoms with Gasteiger partial charge in [0.2, 0.25) is 0 Å². The molecule has 0 fully saturated rings. The van der Waals surface area contributed by atoms with E-state index in [2.05, 4.69) is 5.32 Å². The third kappa shape index (κ3) is 3.07. The Morgan fingerprint density at radius 1 is 1.16 bits per heavy atom. The third-order valence-corrected chi connectivity index (χ3v) is 3.93. The Morgan fingerprint density at radius 2 is 1.89 bits per heavy atom. The highest BCUT2D eigenvalue weighted by molar-refractivity contribution is 7.12. The minimum atomic E-state index is -1.12. The van der Waals surface area contributed by atoms with Crippen molar-refractivity contribution < 1.29 is 14.7 Å². The van der Waals surface area contributed by atoms with Crippen LogP contribution >= 0.6 is 34.5 Å². The van der Waals surface area contributed by atoms with Crippen LogP contribution in [0.1, 0.15) is 20.0 Å². The Labute approximate surface area is 122 Å². The summed E-state index contributed by atoms with van der Waals surface area (Å²) >= 11 is 12.9. The number of carboxylic acids is 1. The first-order valence-electron chi connectivity index (χ1n) is 5.06. The monoisotopic (exact) mass is 315 g/mol. The number of carboxylic acid groups (broad SMARTS) is 1. The lowest BCUT2D eigenvalue weighted by molar-refractivity contribution is 0.0697. The van der Waals surface area contributed by atoms with Crippen molar-refractivity contribution in [3.05, 3.63) is 50.1 Å². The molecule has 7 heteroatoms. The van der Waals surface area contributed by atoms with E-state index < -0.39 is 5.97 Å². The van der Waals surface area contributed by atoms with Crippen molar-refractivity contribution >= 4 is 52.1 Å². The van der Waals surface area contributed by atoms with E-state index in [1.807, 2.05) is 0 Å². The van der Waals surface area contributed by atoms with E-state index in [1.54, 1.807) is 11.4 Å². The first-order valence-corrected chi connectivity index (χ1v) is 6.70. The molecule has 0 aliphatic heterocycles. The molecule has 0 atom stereocenters. The number of hydrogen-bond acceptors (Lipinski definition) is 3. The van der Waals surface area contributed by atoms with E-state index >= 15 is 0 Å². The molecule has 0 radical (unpaired) electrons. The van der Waals surface area contributed by atoms with E-state index in [1.165, 1.54) is 29.5 Å². The van der Waals surface area contributed by atoms with Crippen molar-refractivity contribution in [3.8, 4) is 0 Å². The van der Waals surface area contributed by atoms with Crippen molar-refractivity contribution in [2.24, 2.45) is 0 Å². The van der Waals surface area contributed by atoms with Crippen LogP contribution in [0, 0.1) is 0 Å². The van der Waals surface area contributed by atoms with Gasteiger partial charge in [-0.3, -0.25) is 4.79 Å². The minimum absolute atomic E-state index is 0.0196. The van der Waals surface area contributed by atoms with Gasteiger partial charge in [-0.15, -0.1) is 11.3 Å². The van der Waals surface area contributed by atoms with E-state index in [4.69, 9.17) is 28.3 Å². The first kappa shape index (κ1) is 13.9. The highest BCUT2D eigenvalue weighted by Gasteiger charge is 2.14. The number of rotatable bonds is 3. The minimum Gasteiger partial charge on any atom is -0.478 e. The van der Waals surface area contributed by atoms with Gasteiger partial charge in [0.25, 0.3) is 5.91 Å². The van der Waals surface area contributed by atoms with Gasteiger partial charge in [0.1, 0.15) is 4.88 Å². The number of anilines is 1. The van der Waals surface area contributed by atoms with Crippen molar-refractivity contribution in [2.75, 3.05) is 5.32 Å². The molecule has 0 spiro atoms. The Hall–Kier alpha value is -1.56. The number of carbonyl (C=O) groups excluding carboxylic acids is 1. The summed E-state index contributed by atoms with van der Waals surface area (Å²) in [4.78, 5) is 23.1. The molecular weight excluding hydrogens is 309 g/mol. The quantitative estimate of drug-likeness (QED) is 0.899. The molecule has 0 saturated heterocycles. The summed E-state index contributed by atoms with van der Waals surface area (Å²) < 4.78 is 0. The average Bonchev–Trinajstić information content (AvgIpc) is 2.75. The van der Waals surface area contributed by atoms with Gasteiger partial charge in [-0.2, -0.15) is 0 Å². The molecular formula is C12H7Cl2NO3S. The number of halogens is 2. The molecule has 0 aliphatic carbocycles. The van der Waals surface area contributed by atoms with E-state index in [0.29, 0.717) is 15.6 Å². The molecule has 0 aliphatic rings. The van der Waals surface area contributed by atoms with Crippen LogP contribution in [0.5, 0.6) is 0 Å². The van der Waals surface area contributed by atoms with Crippen LogP contribution in [0.25, 0.3) is 0 Å². The molecule has 0 saturated carbocycles. The van der Waals surface area contributed by atoms with Gasteiger partial charge in [-0.1, -0.05) is 23.2 Å². The topological polar surface area (TPSA) is 66.4 Å². The molecule has 2 N–H and O–H groups in total. The van der Waals surface area contributed by atoms with E-state index in [-0.39, 0.29) is 16.5 Å². The van der Waals surface area contributed by atoms with Gasteiger partial charge in [0.05, 0.1) is 15.6 Å². The molecule has 1 heterocycles. The Bertz CT molecular complexity index is 654. The summed E-state index contributed by atoms with van der Waals surface area (Å²) in [7, 11) is 0. The van der Waals surface area contributed by atoms with Gasteiger partial charge >= 0.3 is 5.97 Å². The molecule has 98 valence electrons. The van der Waals surface area contributed by atoms with Gasteiger partial charge in [0.15, 0.2) is 0 Å². The number of benzene rings is 1. The Kier molecular flexibility index (Phi) is 4.09. The smallest absolute Gasteiger partial charge is 0.337 e. The van der Waals surface area contributed by atoms with Gasteiger partial charge in [-0.25, -0.2) is 4.79 Å². The predicted molar refractivity (Wildman–Crippen MR) is 75.7 cm³/mol. The van der Waals surface area contributed by atoms with Crippen molar-refractivity contribution in [2.45, 2.75) is 0 Å². The van der Waals surface area contributed by atoms with Crippen LogP contribution in [0.2, 0.25) is 10.0 Å². The molecule has 2 aromatic rings. The number of hydrogen-bond donors (Lipinski definition) is 2. The molecule has 2 rings (SSSR count). The molecule has 0 unspecified atom stereocenters. The normalized spacial score (nSPS) is 10.2. The predicted octanol–water partition coefficient (Wildman–Crippen LogP) is 4.01. The summed E-state index contributed by atoms with van der Waals surface area (Å²) in [5.74, 6) is -1.48.